The largest absolute Gasteiger partial charge is 0.493 e. The molecule has 0 fully saturated rings. The number of benzene rings is 1. The van der Waals surface area contributed by atoms with Gasteiger partial charge in [-0.3, -0.25) is 0 Å². The molecule has 0 spiro atoms. The monoisotopic (exact) mass is 227 g/mol. The van der Waals surface area contributed by atoms with Crippen molar-refractivity contribution in [3.05, 3.63) is 17.7 Å². The van der Waals surface area contributed by atoms with Crippen LogP contribution in [0.3, 0.4) is 0 Å². The minimum absolute atomic E-state index is 0.471. The maximum absolute atomic E-state index is 8.54. The number of hydrogen-bond acceptors (Lipinski definition) is 5. The molecule has 0 unspecified atom stereocenters. The van der Waals surface area contributed by atoms with Crippen LogP contribution in [-0.2, 0) is 6.42 Å². The molecule has 1 aromatic carbocycles. The Morgan fingerprint density at radius 2 is 1.62 bits per heavy atom. The van der Waals surface area contributed by atoms with E-state index in [1.807, 2.05) is 12.1 Å². The molecule has 0 bridgehead atoms. The highest BCUT2D eigenvalue weighted by molar-refractivity contribution is 5.53. The lowest BCUT2D eigenvalue weighted by Crippen LogP contribution is -2.11. The third-order valence-electron chi connectivity index (χ3n) is 2.25. The lowest BCUT2D eigenvalue weighted by Gasteiger charge is -2.13. The summed E-state index contributed by atoms with van der Waals surface area (Å²) in [5, 5.41) is 8.54. The van der Waals surface area contributed by atoms with E-state index in [1.165, 1.54) is 0 Å². The lowest BCUT2D eigenvalue weighted by atomic mass is 10.1. The number of nitrogens with one attached hydrogen (secondary N) is 1. The van der Waals surface area contributed by atoms with Gasteiger partial charge in [0.25, 0.3) is 0 Å². The fourth-order valence-electron chi connectivity index (χ4n) is 1.48. The van der Waals surface area contributed by atoms with Crippen molar-refractivity contribution in [1.29, 1.82) is 0 Å². The number of hydrogen-bond donors (Lipinski definition) is 2. The molecule has 1 rings (SSSR count). The van der Waals surface area contributed by atoms with Crippen LogP contribution in [0.4, 0.5) is 0 Å². The third-order valence-corrected chi connectivity index (χ3v) is 2.25. The van der Waals surface area contributed by atoms with Crippen molar-refractivity contribution >= 4 is 0 Å². The van der Waals surface area contributed by atoms with Gasteiger partial charge in [0, 0.05) is 6.54 Å². The third kappa shape index (κ3) is 2.77. The molecular formula is C11H17NO4. The summed E-state index contributed by atoms with van der Waals surface area (Å²) in [6, 6.07) is 3.72. The van der Waals surface area contributed by atoms with Crippen LogP contribution in [-0.4, -0.2) is 33.1 Å². The van der Waals surface area contributed by atoms with Crippen molar-refractivity contribution in [3.63, 3.8) is 0 Å². The SMILES string of the molecule is COc1cc(CCNO)cc(OC)c1OC. The van der Waals surface area contributed by atoms with Gasteiger partial charge in [-0.2, -0.15) is 0 Å². The van der Waals surface area contributed by atoms with Crippen LogP contribution in [0.5, 0.6) is 17.2 Å². The zero-order valence-electron chi connectivity index (χ0n) is 9.74. The molecule has 0 aliphatic carbocycles. The molecule has 16 heavy (non-hydrogen) atoms. The van der Waals surface area contributed by atoms with Crippen LogP contribution in [0.1, 0.15) is 5.56 Å². The van der Waals surface area contributed by atoms with Crippen LogP contribution in [0, 0.1) is 0 Å². The Morgan fingerprint density at radius 3 is 2.00 bits per heavy atom. The van der Waals surface area contributed by atoms with E-state index < -0.39 is 0 Å². The molecule has 0 aliphatic heterocycles. The Balaban J connectivity index is 3.05. The molecule has 0 saturated heterocycles. The maximum atomic E-state index is 8.54. The summed E-state index contributed by atoms with van der Waals surface area (Å²) in [6.45, 7) is 0.471. The van der Waals surface area contributed by atoms with Gasteiger partial charge in [-0.15, -0.1) is 0 Å². The fraction of sp³-hybridized carbons (Fsp3) is 0.455. The number of hydroxylamine groups is 1. The summed E-state index contributed by atoms with van der Waals surface area (Å²) >= 11 is 0. The molecular weight excluding hydrogens is 210 g/mol. The molecule has 0 heterocycles. The molecule has 0 aromatic heterocycles. The van der Waals surface area contributed by atoms with E-state index in [-0.39, 0.29) is 0 Å². The van der Waals surface area contributed by atoms with E-state index in [4.69, 9.17) is 19.4 Å². The molecule has 5 nitrogen and oxygen atoms in total. The first-order chi connectivity index (χ1) is 7.76. The van der Waals surface area contributed by atoms with Crippen molar-refractivity contribution in [3.8, 4) is 17.2 Å². The van der Waals surface area contributed by atoms with Crippen molar-refractivity contribution in [2.45, 2.75) is 6.42 Å². The highest BCUT2D eigenvalue weighted by Crippen LogP contribution is 2.38. The van der Waals surface area contributed by atoms with Gasteiger partial charge in [0.15, 0.2) is 11.5 Å². The normalized spacial score (nSPS) is 10.0. The second-order valence-corrected chi connectivity index (χ2v) is 3.19. The number of ether oxygens (including phenoxy) is 3. The summed E-state index contributed by atoms with van der Waals surface area (Å²) < 4.78 is 15.6. The number of rotatable bonds is 6. The van der Waals surface area contributed by atoms with Gasteiger partial charge >= 0.3 is 0 Å². The summed E-state index contributed by atoms with van der Waals surface area (Å²) in [7, 11) is 4.71. The first kappa shape index (κ1) is 12.6. The quantitative estimate of drug-likeness (QED) is 0.716. The highest BCUT2D eigenvalue weighted by Gasteiger charge is 2.12. The van der Waals surface area contributed by atoms with Crippen molar-refractivity contribution in [2.24, 2.45) is 0 Å². The Labute approximate surface area is 94.9 Å². The van der Waals surface area contributed by atoms with Crippen LogP contribution < -0.4 is 19.7 Å². The zero-order valence-corrected chi connectivity index (χ0v) is 9.74. The second-order valence-electron chi connectivity index (χ2n) is 3.19. The molecule has 0 aliphatic rings. The van der Waals surface area contributed by atoms with E-state index in [1.54, 1.807) is 21.3 Å². The standard InChI is InChI=1S/C11H17NO4/c1-14-9-6-8(4-5-12-13)7-10(15-2)11(9)16-3/h6-7,12-13H,4-5H2,1-3H3. The minimum Gasteiger partial charge on any atom is -0.493 e. The summed E-state index contributed by atoms with van der Waals surface area (Å²) in [5.41, 5.74) is 3.10. The van der Waals surface area contributed by atoms with Gasteiger partial charge in [0.1, 0.15) is 0 Å². The molecule has 90 valence electrons. The Bertz CT molecular complexity index is 316. The second kappa shape index (κ2) is 6.19. The first-order valence-electron chi connectivity index (χ1n) is 4.92. The van der Waals surface area contributed by atoms with Crippen molar-refractivity contribution < 1.29 is 19.4 Å². The minimum atomic E-state index is 0.471. The van der Waals surface area contributed by atoms with E-state index in [0.29, 0.717) is 30.2 Å². The molecule has 0 radical (unpaired) electrons. The average Bonchev–Trinajstić information content (AvgIpc) is 2.34. The Hall–Kier alpha value is -1.46. The first-order valence-corrected chi connectivity index (χ1v) is 4.92. The predicted octanol–water partition coefficient (Wildman–Crippen LogP) is 1.23. The van der Waals surface area contributed by atoms with Crippen LogP contribution in [0.15, 0.2) is 12.1 Å². The Kier molecular flexibility index (Phi) is 4.88. The molecule has 2 N–H and O–H groups in total. The van der Waals surface area contributed by atoms with Gasteiger partial charge in [-0.25, -0.2) is 5.48 Å². The van der Waals surface area contributed by atoms with E-state index in [9.17, 15) is 0 Å². The highest BCUT2D eigenvalue weighted by atomic mass is 16.5. The topological polar surface area (TPSA) is 60.0 Å². The molecule has 0 saturated carbocycles. The summed E-state index contributed by atoms with van der Waals surface area (Å²) in [4.78, 5) is 0. The van der Waals surface area contributed by atoms with E-state index in [0.717, 1.165) is 5.56 Å². The molecule has 5 heteroatoms. The predicted molar refractivity (Wildman–Crippen MR) is 59.6 cm³/mol. The number of methoxy groups -OCH3 is 3. The van der Waals surface area contributed by atoms with Crippen molar-refractivity contribution in [2.75, 3.05) is 27.9 Å². The van der Waals surface area contributed by atoms with Crippen LogP contribution >= 0.6 is 0 Å². The van der Waals surface area contributed by atoms with Gasteiger partial charge in [-0.1, -0.05) is 0 Å². The van der Waals surface area contributed by atoms with Gasteiger partial charge in [0.2, 0.25) is 5.75 Å². The average molecular weight is 227 g/mol. The fourth-order valence-corrected chi connectivity index (χ4v) is 1.48. The molecule has 1 aromatic rings. The summed E-state index contributed by atoms with van der Waals surface area (Å²) in [6.07, 6.45) is 0.674. The van der Waals surface area contributed by atoms with Crippen LogP contribution in [0.2, 0.25) is 0 Å². The Morgan fingerprint density at radius 1 is 1.06 bits per heavy atom. The van der Waals surface area contributed by atoms with Gasteiger partial charge in [-0.05, 0) is 24.1 Å². The molecule has 0 amide bonds. The van der Waals surface area contributed by atoms with Gasteiger partial charge in [0.05, 0.1) is 21.3 Å². The summed E-state index contributed by atoms with van der Waals surface area (Å²) in [5.74, 6) is 1.82. The van der Waals surface area contributed by atoms with Gasteiger partial charge < -0.3 is 19.4 Å². The zero-order chi connectivity index (χ0) is 12.0. The maximum Gasteiger partial charge on any atom is 0.203 e. The van der Waals surface area contributed by atoms with Crippen LogP contribution in [0.25, 0.3) is 0 Å². The smallest absolute Gasteiger partial charge is 0.203 e. The molecule has 0 atom stereocenters. The lowest BCUT2D eigenvalue weighted by molar-refractivity contribution is 0.168. The van der Waals surface area contributed by atoms with Crippen molar-refractivity contribution in [1.82, 2.24) is 5.48 Å². The van der Waals surface area contributed by atoms with E-state index >= 15 is 0 Å². The van der Waals surface area contributed by atoms with E-state index in [2.05, 4.69) is 5.48 Å².